The van der Waals surface area contributed by atoms with Crippen molar-refractivity contribution in [1.82, 2.24) is 4.98 Å². The molecule has 0 saturated heterocycles. The molecule has 100 valence electrons. The summed E-state index contributed by atoms with van der Waals surface area (Å²) in [6.07, 6.45) is 3.15. The van der Waals surface area contributed by atoms with E-state index in [2.05, 4.69) is 17.2 Å². The highest BCUT2D eigenvalue weighted by atomic mass is 35.5. The molecule has 0 atom stereocenters. The van der Waals surface area contributed by atoms with E-state index < -0.39 is 0 Å². The third-order valence-corrected chi connectivity index (χ3v) is 4.56. The second-order valence-electron chi connectivity index (χ2n) is 4.67. The van der Waals surface area contributed by atoms with E-state index >= 15 is 0 Å². The van der Waals surface area contributed by atoms with E-state index in [1.54, 1.807) is 6.07 Å². The molecule has 1 aromatic heterocycles. The first kappa shape index (κ1) is 13.3. The standard InChI is InChI=1S/C14H13Cl3N2/c1-2-18-13-7-4-3-5-10(7)19-14-9(16)6-8(15)12(17)11(13)14/h6H,2-5H2,1H3,(H,18,19). The number of hydrogen-bond donors (Lipinski definition) is 1. The van der Waals surface area contributed by atoms with Crippen molar-refractivity contribution in [2.45, 2.75) is 26.2 Å². The molecule has 0 fully saturated rings. The van der Waals surface area contributed by atoms with E-state index in [-0.39, 0.29) is 0 Å². The zero-order chi connectivity index (χ0) is 13.6. The molecule has 2 nitrogen and oxygen atoms in total. The van der Waals surface area contributed by atoms with Gasteiger partial charge in [-0.3, -0.25) is 4.98 Å². The lowest BCUT2D eigenvalue weighted by Gasteiger charge is -2.16. The lowest BCUT2D eigenvalue weighted by Crippen LogP contribution is -2.04. The number of halogens is 3. The van der Waals surface area contributed by atoms with Crippen LogP contribution >= 0.6 is 34.8 Å². The first-order chi connectivity index (χ1) is 9.13. The van der Waals surface area contributed by atoms with Crippen molar-refractivity contribution in [3.8, 4) is 0 Å². The molecule has 5 heteroatoms. The second kappa shape index (κ2) is 5.01. The Hall–Kier alpha value is -0.700. The van der Waals surface area contributed by atoms with Gasteiger partial charge in [-0.2, -0.15) is 0 Å². The summed E-state index contributed by atoms with van der Waals surface area (Å²) in [4.78, 5) is 4.69. The van der Waals surface area contributed by atoms with Crippen molar-refractivity contribution in [3.63, 3.8) is 0 Å². The topological polar surface area (TPSA) is 24.9 Å². The quantitative estimate of drug-likeness (QED) is 0.778. The molecule has 0 spiro atoms. The monoisotopic (exact) mass is 314 g/mol. The molecule has 0 aliphatic heterocycles. The number of pyridine rings is 1. The fourth-order valence-electron chi connectivity index (χ4n) is 2.70. The molecule has 1 aliphatic carbocycles. The van der Waals surface area contributed by atoms with Crippen LogP contribution in [0.2, 0.25) is 15.1 Å². The summed E-state index contributed by atoms with van der Waals surface area (Å²) in [5.74, 6) is 0. The molecule has 19 heavy (non-hydrogen) atoms. The van der Waals surface area contributed by atoms with Crippen LogP contribution in [0.1, 0.15) is 24.6 Å². The Morgan fingerprint density at radius 3 is 2.74 bits per heavy atom. The van der Waals surface area contributed by atoms with Crippen LogP contribution in [0.15, 0.2) is 6.07 Å². The molecule has 2 aromatic rings. The lowest BCUT2D eigenvalue weighted by molar-refractivity contribution is 0.901. The van der Waals surface area contributed by atoms with Crippen molar-refractivity contribution < 1.29 is 0 Å². The first-order valence-electron chi connectivity index (χ1n) is 6.36. The van der Waals surface area contributed by atoms with Gasteiger partial charge in [-0.1, -0.05) is 34.8 Å². The molecule has 0 radical (unpaired) electrons. The van der Waals surface area contributed by atoms with Gasteiger partial charge in [-0.25, -0.2) is 0 Å². The fraction of sp³-hybridized carbons (Fsp3) is 0.357. The van der Waals surface area contributed by atoms with Crippen molar-refractivity contribution in [1.29, 1.82) is 0 Å². The molecular weight excluding hydrogens is 303 g/mol. The van der Waals surface area contributed by atoms with E-state index in [0.29, 0.717) is 15.1 Å². The van der Waals surface area contributed by atoms with Gasteiger partial charge in [-0.05, 0) is 37.8 Å². The second-order valence-corrected chi connectivity index (χ2v) is 5.87. The Bertz CT molecular complexity index is 668. The first-order valence-corrected chi connectivity index (χ1v) is 7.49. The summed E-state index contributed by atoms with van der Waals surface area (Å²) < 4.78 is 0. The number of nitrogens with zero attached hydrogens (tertiary/aromatic N) is 1. The summed E-state index contributed by atoms with van der Waals surface area (Å²) in [5.41, 5.74) is 4.18. The number of nitrogens with one attached hydrogen (secondary N) is 1. The van der Waals surface area contributed by atoms with E-state index in [1.165, 1.54) is 5.56 Å². The third kappa shape index (κ3) is 2.06. The summed E-state index contributed by atoms with van der Waals surface area (Å²) >= 11 is 18.8. The fourth-order valence-corrected chi connectivity index (χ4v) is 3.45. The van der Waals surface area contributed by atoms with E-state index in [0.717, 1.165) is 48.1 Å². The van der Waals surface area contributed by atoms with Gasteiger partial charge >= 0.3 is 0 Å². The SMILES string of the molecule is CCNc1c2c(nc3c(Cl)cc(Cl)c(Cl)c13)CCC2. The van der Waals surface area contributed by atoms with Crippen molar-refractivity contribution >= 4 is 51.4 Å². The Labute approximate surface area is 127 Å². The van der Waals surface area contributed by atoms with Gasteiger partial charge in [-0.15, -0.1) is 0 Å². The molecule has 0 unspecified atom stereocenters. The van der Waals surface area contributed by atoms with Gasteiger partial charge in [0.1, 0.15) is 0 Å². The van der Waals surface area contributed by atoms with Gasteiger partial charge in [0.05, 0.1) is 26.3 Å². The Morgan fingerprint density at radius 1 is 1.21 bits per heavy atom. The Balaban J connectivity index is 2.45. The van der Waals surface area contributed by atoms with Crippen molar-refractivity contribution in [2.75, 3.05) is 11.9 Å². The number of aromatic nitrogens is 1. The molecule has 3 rings (SSSR count). The summed E-state index contributed by atoms with van der Waals surface area (Å²) in [7, 11) is 0. The summed E-state index contributed by atoms with van der Waals surface area (Å²) in [6, 6.07) is 1.66. The number of hydrogen-bond acceptors (Lipinski definition) is 2. The van der Waals surface area contributed by atoms with Crippen LogP contribution in [0.4, 0.5) is 5.69 Å². The van der Waals surface area contributed by atoms with Gasteiger partial charge in [0.15, 0.2) is 0 Å². The van der Waals surface area contributed by atoms with Crippen LogP contribution in [0, 0.1) is 0 Å². The molecule has 0 amide bonds. The molecule has 0 saturated carbocycles. The predicted molar refractivity (Wildman–Crippen MR) is 83.0 cm³/mol. The van der Waals surface area contributed by atoms with Crippen LogP contribution < -0.4 is 5.32 Å². The van der Waals surface area contributed by atoms with E-state index in [4.69, 9.17) is 34.8 Å². The molecule has 1 heterocycles. The summed E-state index contributed by atoms with van der Waals surface area (Å²) in [6.45, 7) is 2.89. The summed E-state index contributed by atoms with van der Waals surface area (Å²) in [5, 5.41) is 5.80. The number of rotatable bonds is 2. The highest BCUT2D eigenvalue weighted by molar-refractivity contribution is 6.48. The average Bonchev–Trinajstić information content (AvgIpc) is 2.84. The van der Waals surface area contributed by atoms with Gasteiger partial charge in [0, 0.05) is 17.6 Å². The van der Waals surface area contributed by atoms with Crippen molar-refractivity contribution in [3.05, 3.63) is 32.4 Å². The van der Waals surface area contributed by atoms with Crippen LogP contribution in [-0.4, -0.2) is 11.5 Å². The number of anilines is 1. The third-order valence-electron chi connectivity index (χ3n) is 3.49. The van der Waals surface area contributed by atoms with Gasteiger partial charge < -0.3 is 5.32 Å². The van der Waals surface area contributed by atoms with Crippen LogP contribution in [-0.2, 0) is 12.8 Å². The number of fused-ring (bicyclic) bond motifs is 2. The van der Waals surface area contributed by atoms with Crippen LogP contribution in [0.5, 0.6) is 0 Å². The van der Waals surface area contributed by atoms with Crippen LogP contribution in [0.25, 0.3) is 10.9 Å². The Morgan fingerprint density at radius 2 is 2.00 bits per heavy atom. The predicted octanol–water partition coefficient (Wildman–Crippen LogP) is 5.12. The average molecular weight is 316 g/mol. The molecular formula is C14H13Cl3N2. The van der Waals surface area contributed by atoms with E-state index in [9.17, 15) is 0 Å². The van der Waals surface area contributed by atoms with Gasteiger partial charge in [0.2, 0.25) is 0 Å². The van der Waals surface area contributed by atoms with Crippen LogP contribution in [0.3, 0.4) is 0 Å². The minimum Gasteiger partial charge on any atom is -0.384 e. The lowest BCUT2D eigenvalue weighted by atomic mass is 10.1. The maximum atomic E-state index is 6.37. The zero-order valence-corrected chi connectivity index (χ0v) is 12.8. The smallest absolute Gasteiger partial charge is 0.0928 e. The normalized spacial score (nSPS) is 13.9. The number of benzene rings is 1. The highest BCUT2D eigenvalue weighted by Gasteiger charge is 2.23. The maximum Gasteiger partial charge on any atom is 0.0928 e. The number of aryl methyl sites for hydroxylation is 1. The minimum atomic E-state index is 0.470. The highest BCUT2D eigenvalue weighted by Crippen LogP contribution is 2.43. The van der Waals surface area contributed by atoms with Crippen molar-refractivity contribution in [2.24, 2.45) is 0 Å². The largest absolute Gasteiger partial charge is 0.384 e. The minimum absolute atomic E-state index is 0.470. The molecule has 1 aliphatic rings. The van der Waals surface area contributed by atoms with Gasteiger partial charge in [0.25, 0.3) is 0 Å². The molecule has 1 N–H and O–H groups in total. The molecule has 1 aromatic carbocycles. The maximum absolute atomic E-state index is 6.37. The Kier molecular flexibility index (Phi) is 3.50. The molecule has 0 bridgehead atoms. The zero-order valence-electron chi connectivity index (χ0n) is 10.5. The van der Waals surface area contributed by atoms with E-state index in [1.807, 2.05) is 0 Å².